The maximum Gasteiger partial charge on any atom is 0.266 e. The van der Waals surface area contributed by atoms with Gasteiger partial charge in [-0.25, -0.2) is 14.4 Å². The Morgan fingerprint density at radius 1 is 0.724 bits per heavy atom. The molecule has 2 aliphatic heterocycles. The van der Waals surface area contributed by atoms with E-state index >= 15 is 0 Å². The molecule has 0 saturated carbocycles. The summed E-state index contributed by atoms with van der Waals surface area (Å²) in [6.07, 6.45) is -1.01. The van der Waals surface area contributed by atoms with Crippen molar-refractivity contribution in [1.29, 1.82) is 0 Å². The lowest BCUT2D eigenvalue weighted by Gasteiger charge is -2.28. The van der Waals surface area contributed by atoms with E-state index in [1.165, 1.54) is 11.1 Å². The minimum absolute atomic E-state index is 0.319. The van der Waals surface area contributed by atoms with E-state index in [0.29, 0.717) is 16.9 Å². The molecule has 2 aliphatic rings. The Kier molecular flexibility index (Phi) is 4.14. The van der Waals surface area contributed by atoms with Gasteiger partial charge in [-0.1, -0.05) is 54.6 Å². The summed E-state index contributed by atoms with van der Waals surface area (Å²) >= 11 is 0. The van der Waals surface area contributed by atoms with E-state index < -0.39 is 35.7 Å². The smallest absolute Gasteiger partial charge is 0.266 e. The Bertz CT molecular complexity index is 1070. The molecule has 0 unspecified atom stereocenters. The van der Waals surface area contributed by atoms with Crippen LogP contribution in [0.1, 0.15) is 11.6 Å². The quantitative estimate of drug-likeness (QED) is 0.639. The van der Waals surface area contributed by atoms with Crippen molar-refractivity contribution in [3.05, 3.63) is 96.3 Å². The fraction of sp³-hybridized carbons (Fsp3) is 0.130. The van der Waals surface area contributed by atoms with Crippen LogP contribution in [0.4, 0.5) is 15.8 Å². The van der Waals surface area contributed by atoms with Crippen LogP contribution in [0.25, 0.3) is 0 Å². The number of rotatable bonds is 3. The second-order valence-electron chi connectivity index (χ2n) is 7.03. The average molecular weight is 388 g/mol. The summed E-state index contributed by atoms with van der Waals surface area (Å²) in [6.45, 7) is 0. The molecule has 0 spiro atoms. The van der Waals surface area contributed by atoms with E-state index in [1.54, 1.807) is 54.6 Å². The van der Waals surface area contributed by atoms with Crippen molar-refractivity contribution in [2.45, 2.75) is 12.1 Å². The number of hydroxylamine groups is 1. The molecular weight excluding hydrogens is 371 g/mol. The van der Waals surface area contributed by atoms with Crippen molar-refractivity contribution in [2.24, 2.45) is 5.92 Å². The largest absolute Gasteiger partial charge is 0.273 e. The Morgan fingerprint density at radius 2 is 1.31 bits per heavy atom. The maximum absolute atomic E-state index is 14.7. The summed E-state index contributed by atoms with van der Waals surface area (Å²) in [5, 5.41) is 1.49. The van der Waals surface area contributed by atoms with Crippen molar-refractivity contribution in [2.75, 3.05) is 9.96 Å². The van der Waals surface area contributed by atoms with Gasteiger partial charge in [-0.15, -0.1) is 0 Å². The summed E-state index contributed by atoms with van der Waals surface area (Å²) < 4.78 is 14.7. The molecule has 3 aromatic carbocycles. The van der Waals surface area contributed by atoms with Gasteiger partial charge in [-0.2, -0.15) is 0 Å². The molecule has 3 aromatic rings. The molecule has 0 aliphatic carbocycles. The molecule has 144 valence electrons. The first-order valence-electron chi connectivity index (χ1n) is 9.35. The number of carbonyl (C=O) groups is 2. The Balaban J connectivity index is 1.62. The lowest BCUT2D eigenvalue weighted by molar-refractivity contribution is -0.126. The first-order valence-corrected chi connectivity index (χ1v) is 9.35. The molecule has 2 fully saturated rings. The highest BCUT2D eigenvalue weighted by Crippen LogP contribution is 2.47. The number of fused-ring (bicyclic) bond motifs is 1. The molecule has 5 rings (SSSR count). The lowest BCUT2D eigenvalue weighted by Crippen LogP contribution is -2.37. The standard InChI is InChI=1S/C23H17FN2O3/c24-18-14-8-7-13-17(18)20-19-21(29-26(20)16-11-5-2-6-12-16)23(28)25(22(19)27)15-9-3-1-4-10-15/h1-14,19-21H/t19-,20-,21-/m1/s1. The highest BCUT2D eigenvalue weighted by molar-refractivity contribution is 6.23. The topological polar surface area (TPSA) is 49.9 Å². The highest BCUT2D eigenvalue weighted by Gasteiger charge is 2.60. The normalized spacial score (nSPS) is 23.6. The zero-order chi connectivity index (χ0) is 20.0. The molecule has 5 nitrogen and oxygen atoms in total. The summed E-state index contributed by atoms with van der Waals surface area (Å²) in [6, 6.07) is 23.4. The van der Waals surface area contributed by atoms with Gasteiger partial charge in [0.1, 0.15) is 11.7 Å². The lowest BCUT2D eigenvalue weighted by atomic mass is 9.90. The first kappa shape index (κ1) is 17.6. The number of halogens is 1. The van der Waals surface area contributed by atoms with Gasteiger partial charge in [0, 0.05) is 5.56 Å². The number of amides is 2. The first-order chi connectivity index (χ1) is 14.2. The summed E-state index contributed by atoms with van der Waals surface area (Å²) in [5.74, 6) is -2.12. The predicted octanol–water partition coefficient (Wildman–Crippen LogP) is 3.88. The predicted molar refractivity (Wildman–Crippen MR) is 105 cm³/mol. The second kappa shape index (κ2) is 6.83. The van der Waals surface area contributed by atoms with E-state index in [4.69, 9.17) is 4.84 Å². The molecule has 0 bridgehead atoms. The van der Waals surface area contributed by atoms with Gasteiger partial charge in [-0.05, 0) is 30.3 Å². The average Bonchev–Trinajstić information content (AvgIpc) is 3.26. The number of hydrogen-bond acceptors (Lipinski definition) is 4. The number of nitrogens with zero attached hydrogens (tertiary/aromatic N) is 2. The van der Waals surface area contributed by atoms with Gasteiger partial charge in [0.15, 0.2) is 6.10 Å². The number of anilines is 2. The van der Waals surface area contributed by atoms with Gasteiger partial charge in [0.25, 0.3) is 5.91 Å². The van der Waals surface area contributed by atoms with Crippen LogP contribution < -0.4 is 9.96 Å². The van der Waals surface area contributed by atoms with Crippen LogP contribution >= 0.6 is 0 Å². The molecule has 2 amide bonds. The molecule has 0 N–H and O–H groups in total. The molecule has 2 saturated heterocycles. The number of hydrogen-bond donors (Lipinski definition) is 0. The summed E-state index contributed by atoms with van der Waals surface area (Å²) in [4.78, 5) is 33.6. The van der Waals surface area contributed by atoms with Crippen LogP contribution in [-0.4, -0.2) is 17.9 Å². The molecule has 2 heterocycles. The fourth-order valence-corrected chi connectivity index (χ4v) is 4.08. The third-order valence-corrected chi connectivity index (χ3v) is 5.36. The van der Waals surface area contributed by atoms with Crippen LogP contribution in [0, 0.1) is 11.7 Å². The van der Waals surface area contributed by atoms with Crippen molar-refractivity contribution < 1.29 is 18.8 Å². The van der Waals surface area contributed by atoms with Gasteiger partial charge in [-0.3, -0.25) is 14.4 Å². The zero-order valence-corrected chi connectivity index (χ0v) is 15.3. The van der Waals surface area contributed by atoms with E-state index in [-0.39, 0.29) is 0 Å². The number of para-hydroxylation sites is 2. The van der Waals surface area contributed by atoms with E-state index in [2.05, 4.69) is 0 Å². The molecule has 29 heavy (non-hydrogen) atoms. The van der Waals surface area contributed by atoms with Crippen LogP contribution in [0.2, 0.25) is 0 Å². The molecule has 0 radical (unpaired) electrons. The third kappa shape index (κ3) is 2.72. The van der Waals surface area contributed by atoms with Crippen LogP contribution in [0.5, 0.6) is 0 Å². The molecule has 6 heteroatoms. The summed E-state index contributed by atoms with van der Waals surface area (Å²) in [5.41, 5.74) is 1.46. The number of benzene rings is 3. The Labute approximate surface area is 166 Å². The van der Waals surface area contributed by atoms with Crippen molar-refractivity contribution in [3.8, 4) is 0 Å². The second-order valence-corrected chi connectivity index (χ2v) is 7.03. The zero-order valence-electron chi connectivity index (χ0n) is 15.3. The van der Waals surface area contributed by atoms with Crippen molar-refractivity contribution in [1.82, 2.24) is 0 Å². The third-order valence-electron chi connectivity index (χ3n) is 5.36. The number of carbonyl (C=O) groups excluding carboxylic acids is 2. The maximum atomic E-state index is 14.7. The summed E-state index contributed by atoms with van der Waals surface area (Å²) in [7, 11) is 0. The Morgan fingerprint density at radius 3 is 1.97 bits per heavy atom. The van der Waals surface area contributed by atoms with Crippen LogP contribution in [0.15, 0.2) is 84.9 Å². The minimum Gasteiger partial charge on any atom is -0.273 e. The van der Waals surface area contributed by atoms with E-state index in [1.807, 2.05) is 24.3 Å². The van der Waals surface area contributed by atoms with Gasteiger partial charge < -0.3 is 0 Å². The monoisotopic (exact) mass is 388 g/mol. The van der Waals surface area contributed by atoms with Crippen LogP contribution in [-0.2, 0) is 14.4 Å². The van der Waals surface area contributed by atoms with Crippen molar-refractivity contribution >= 4 is 23.2 Å². The van der Waals surface area contributed by atoms with Crippen LogP contribution in [0.3, 0.4) is 0 Å². The fourth-order valence-electron chi connectivity index (χ4n) is 4.08. The Hall–Kier alpha value is -3.51. The SMILES string of the molecule is O=C1[C@@H]2[C@@H](c3ccccc3F)N(c3ccccc3)O[C@H]2C(=O)N1c1ccccc1. The van der Waals surface area contributed by atoms with Gasteiger partial charge >= 0.3 is 0 Å². The van der Waals surface area contributed by atoms with Gasteiger partial charge in [0.2, 0.25) is 5.91 Å². The molecule has 0 aromatic heterocycles. The van der Waals surface area contributed by atoms with Gasteiger partial charge in [0.05, 0.1) is 17.4 Å². The molecule has 3 atom stereocenters. The highest BCUT2D eigenvalue weighted by atomic mass is 19.1. The van der Waals surface area contributed by atoms with Crippen molar-refractivity contribution in [3.63, 3.8) is 0 Å². The van der Waals surface area contributed by atoms with E-state index in [9.17, 15) is 14.0 Å². The minimum atomic E-state index is -1.01. The van der Waals surface area contributed by atoms with E-state index in [0.717, 1.165) is 4.90 Å². The molecular formula is C23H17FN2O3. The number of imide groups is 1.